The Balaban J connectivity index is 2.36. The van der Waals surface area contributed by atoms with Crippen molar-refractivity contribution in [2.75, 3.05) is 13.2 Å². The second-order valence-corrected chi connectivity index (χ2v) is 3.27. The highest BCUT2D eigenvalue weighted by atomic mass is 35.5. The van der Waals surface area contributed by atoms with E-state index in [1.54, 1.807) is 24.3 Å². The number of ether oxygens (including phenoxy) is 1. The zero-order valence-electron chi connectivity index (χ0n) is 7.88. The lowest BCUT2D eigenvalue weighted by atomic mass is 10.3. The van der Waals surface area contributed by atoms with Gasteiger partial charge in [-0.3, -0.25) is 0 Å². The molecule has 1 unspecified atom stereocenters. The summed E-state index contributed by atoms with van der Waals surface area (Å²) in [6, 6.07) is 6.78. The molecule has 1 aromatic rings. The van der Waals surface area contributed by atoms with Gasteiger partial charge in [-0.1, -0.05) is 16.7 Å². The molecule has 0 amide bonds. The van der Waals surface area contributed by atoms with Crippen LogP contribution in [0.3, 0.4) is 0 Å². The van der Waals surface area contributed by atoms with Crippen LogP contribution in [0.2, 0.25) is 5.02 Å². The van der Waals surface area contributed by atoms with E-state index in [1.807, 2.05) is 0 Å². The van der Waals surface area contributed by atoms with Crippen molar-refractivity contribution in [1.29, 1.82) is 0 Å². The van der Waals surface area contributed by atoms with Crippen molar-refractivity contribution in [2.45, 2.75) is 6.10 Å². The van der Waals surface area contributed by atoms with E-state index in [-0.39, 0.29) is 13.2 Å². The Bertz CT molecular complexity index is 349. The average molecular weight is 228 g/mol. The van der Waals surface area contributed by atoms with Crippen LogP contribution in [-0.4, -0.2) is 24.4 Å². The third-order valence-corrected chi connectivity index (χ3v) is 1.86. The third-order valence-electron chi connectivity index (χ3n) is 1.61. The first-order chi connectivity index (χ1) is 7.22. The molecule has 1 aromatic carbocycles. The third kappa shape index (κ3) is 4.56. The van der Waals surface area contributed by atoms with Crippen molar-refractivity contribution in [3.05, 3.63) is 39.7 Å². The van der Waals surface area contributed by atoms with Crippen LogP contribution in [0.5, 0.6) is 5.75 Å². The number of benzene rings is 1. The SMILES string of the molecule is [N-]=[N+]=NCC(O)COc1ccc(Cl)cc1. The van der Waals surface area contributed by atoms with Gasteiger partial charge in [0.25, 0.3) is 0 Å². The highest BCUT2D eigenvalue weighted by Gasteiger charge is 2.03. The van der Waals surface area contributed by atoms with E-state index in [4.69, 9.17) is 21.9 Å². The van der Waals surface area contributed by atoms with Crippen molar-refractivity contribution in [3.8, 4) is 5.75 Å². The van der Waals surface area contributed by atoms with Crippen LogP contribution < -0.4 is 4.74 Å². The molecule has 0 spiro atoms. The highest BCUT2D eigenvalue weighted by molar-refractivity contribution is 6.30. The monoisotopic (exact) mass is 227 g/mol. The number of hydrogen-bond donors (Lipinski definition) is 1. The Morgan fingerprint density at radius 2 is 2.13 bits per heavy atom. The molecule has 0 aromatic heterocycles. The standard InChI is InChI=1S/C9H10ClN3O2/c10-7-1-3-9(4-2-7)15-6-8(14)5-12-13-11/h1-4,8,14H,5-6H2. The van der Waals surface area contributed by atoms with Gasteiger partial charge in [0.2, 0.25) is 0 Å². The lowest BCUT2D eigenvalue weighted by Gasteiger charge is -2.09. The van der Waals surface area contributed by atoms with Crippen molar-refractivity contribution in [1.82, 2.24) is 0 Å². The Hall–Kier alpha value is -1.42. The fraction of sp³-hybridized carbons (Fsp3) is 0.333. The number of halogens is 1. The summed E-state index contributed by atoms with van der Waals surface area (Å²) in [5, 5.41) is 13.1. The first-order valence-corrected chi connectivity index (χ1v) is 4.67. The normalized spacial score (nSPS) is 11.6. The Labute approximate surface area is 91.9 Å². The summed E-state index contributed by atoms with van der Waals surface area (Å²) in [5.74, 6) is 0.611. The molecule has 0 radical (unpaired) electrons. The molecule has 0 aliphatic carbocycles. The second-order valence-electron chi connectivity index (χ2n) is 2.83. The summed E-state index contributed by atoms with van der Waals surface area (Å²) in [6.07, 6.45) is -0.795. The maximum Gasteiger partial charge on any atom is 0.119 e. The molecule has 0 heterocycles. The van der Waals surface area contributed by atoms with Gasteiger partial charge in [-0.25, -0.2) is 0 Å². The first-order valence-electron chi connectivity index (χ1n) is 4.29. The van der Waals surface area contributed by atoms with Crippen molar-refractivity contribution in [3.63, 3.8) is 0 Å². The summed E-state index contributed by atoms with van der Waals surface area (Å²) in [4.78, 5) is 2.53. The number of aliphatic hydroxyl groups excluding tert-OH is 1. The van der Waals surface area contributed by atoms with E-state index >= 15 is 0 Å². The molecule has 0 aliphatic heterocycles. The van der Waals surface area contributed by atoms with Crippen LogP contribution in [0.4, 0.5) is 0 Å². The summed E-state index contributed by atoms with van der Waals surface area (Å²) in [7, 11) is 0. The van der Waals surface area contributed by atoms with Crippen molar-refractivity contribution in [2.24, 2.45) is 5.11 Å². The Morgan fingerprint density at radius 3 is 2.73 bits per heavy atom. The van der Waals surface area contributed by atoms with Crippen LogP contribution in [0.1, 0.15) is 0 Å². The zero-order valence-corrected chi connectivity index (χ0v) is 8.63. The molecular formula is C9H10ClN3O2. The first kappa shape index (κ1) is 11.7. The van der Waals surface area contributed by atoms with E-state index in [0.717, 1.165) is 0 Å². The molecule has 1 rings (SSSR count). The van der Waals surface area contributed by atoms with Gasteiger partial charge < -0.3 is 9.84 Å². The van der Waals surface area contributed by atoms with Crippen LogP contribution in [-0.2, 0) is 0 Å². The molecule has 0 saturated heterocycles. The van der Waals surface area contributed by atoms with Crippen molar-refractivity contribution >= 4 is 11.6 Å². The zero-order chi connectivity index (χ0) is 11.1. The summed E-state index contributed by atoms with van der Waals surface area (Å²) >= 11 is 5.68. The summed E-state index contributed by atoms with van der Waals surface area (Å²) < 4.78 is 5.23. The van der Waals surface area contributed by atoms with E-state index in [9.17, 15) is 5.11 Å². The smallest absolute Gasteiger partial charge is 0.119 e. The molecule has 6 heteroatoms. The molecule has 0 saturated carbocycles. The molecule has 1 atom stereocenters. The number of nitrogens with zero attached hydrogens (tertiary/aromatic N) is 3. The minimum absolute atomic E-state index is 0.00406. The molecule has 1 N–H and O–H groups in total. The summed E-state index contributed by atoms with van der Waals surface area (Å²) in [5.41, 5.74) is 8.02. The van der Waals surface area contributed by atoms with E-state index in [0.29, 0.717) is 10.8 Å². The quantitative estimate of drug-likeness (QED) is 0.476. The molecule has 5 nitrogen and oxygen atoms in total. The van der Waals surface area contributed by atoms with Crippen LogP contribution in [0.25, 0.3) is 10.4 Å². The molecule has 0 aliphatic rings. The summed E-state index contributed by atoms with van der Waals surface area (Å²) in [6.45, 7) is 0.0880. The molecule has 0 bridgehead atoms. The van der Waals surface area contributed by atoms with Gasteiger partial charge in [-0.15, -0.1) is 0 Å². The predicted octanol–water partition coefficient (Wildman–Crippen LogP) is 2.39. The number of aliphatic hydroxyl groups is 1. The van der Waals surface area contributed by atoms with E-state index in [2.05, 4.69) is 10.0 Å². The van der Waals surface area contributed by atoms with E-state index in [1.165, 1.54) is 0 Å². The molecule has 15 heavy (non-hydrogen) atoms. The van der Waals surface area contributed by atoms with Gasteiger partial charge in [-0.05, 0) is 29.8 Å². The number of rotatable bonds is 5. The minimum atomic E-state index is -0.795. The topological polar surface area (TPSA) is 78.2 Å². The predicted molar refractivity (Wildman–Crippen MR) is 57.0 cm³/mol. The maximum atomic E-state index is 9.28. The minimum Gasteiger partial charge on any atom is -0.491 e. The van der Waals surface area contributed by atoms with Gasteiger partial charge in [0.15, 0.2) is 0 Å². The van der Waals surface area contributed by atoms with Crippen LogP contribution in [0, 0.1) is 0 Å². The van der Waals surface area contributed by atoms with E-state index < -0.39 is 6.10 Å². The van der Waals surface area contributed by atoms with Gasteiger partial charge >= 0.3 is 0 Å². The number of azide groups is 1. The lowest BCUT2D eigenvalue weighted by Crippen LogP contribution is -2.20. The van der Waals surface area contributed by atoms with Gasteiger partial charge in [0.05, 0.1) is 12.6 Å². The molecule has 0 fully saturated rings. The maximum absolute atomic E-state index is 9.28. The Kier molecular flexibility index (Phi) is 4.77. The van der Waals surface area contributed by atoms with Crippen LogP contribution in [0.15, 0.2) is 29.4 Å². The number of hydrogen-bond acceptors (Lipinski definition) is 3. The average Bonchev–Trinajstić information content (AvgIpc) is 2.25. The highest BCUT2D eigenvalue weighted by Crippen LogP contribution is 2.15. The Morgan fingerprint density at radius 1 is 1.47 bits per heavy atom. The van der Waals surface area contributed by atoms with Crippen LogP contribution >= 0.6 is 11.6 Å². The fourth-order valence-electron chi connectivity index (χ4n) is 0.907. The van der Waals surface area contributed by atoms with Crippen molar-refractivity contribution < 1.29 is 9.84 Å². The van der Waals surface area contributed by atoms with Gasteiger partial charge in [-0.2, -0.15) is 0 Å². The fourth-order valence-corrected chi connectivity index (χ4v) is 1.03. The lowest BCUT2D eigenvalue weighted by molar-refractivity contribution is 0.114. The van der Waals surface area contributed by atoms with Gasteiger partial charge in [0.1, 0.15) is 12.4 Å². The second kappa shape index (κ2) is 6.14. The molecular weight excluding hydrogens is 218 g/mol. The largest absolute Gasteiger partial charge is 0.491 e. The molecule has 80 valence electrons. The van der Waals surface area contributed by atoms with Gasteiger partial charge in [0, 0.05) is 9.93 Å².